The molecule has 1 saturated carbocycles. The molecule has 2 bridgehead atoms. The van der Waals surface area contributed by atoms with Gasteiger partial charge in [0.25, 0.3) is 0 Å². The van der Waals surface area contributed by atoms with E-state index in [2.05, 4.69) is 31.8 Å². The van der Waals surface area contributed by atoms with E-state index >= 15 is 0 Å². The quantitative estimate of drug-likeness (QED) is 0.562. The molecule has 0 aromatic carbocycles. The number of carboxylic acid groups (broad SMARTS) is 1. The molecule has 3 heteroatoms. The zero-order valence-electron chi connectivity index (χ0n) is 9.08. The fourth-order valence-electron chi connectivity index (χ4n) is 2.97. The van der Waals surface area contributed by atoms with E-state index < -0.39 is 14.0 Å². The molecule has 0 saturated heterocycles. The van der Waals surface area contributed by atoms with Crippen molar-refractivity contribution in [3.05, 3.63) is 12.2 Å². The van der Waals surface area contributed by atoms with Gasteiger partial charge in [-0.2, -0.15) is 0 Å². The Morgan fingerprint density at radius 3 is 2.43 bits per heavy atom. The van der Waals surface area contributed by atoms with E-state index in [1.165, 1.54) is 0 Å². The number of rotatable bonds is 2. The van der Waals surface area contributed by atoms with Crippen LogP contribution in [0.2, 0.25) is 24.7 Å². The fourth-order valence-corrected chi connectivity index (χ4v) is 5.25. The van der Waals surface area contributed by atoms with Gasteiger partial charge in [0.2, 0.25) is 0 Å². The first-order valence-corrected chi connectivity index (χ1v) is 8.78. The van der Waals surface area contributed by atoms with Crippen molar-refractivity contribution in [2.75, 3.05) is 0 Å². The third-order valence-electron chi connectivity index (χ3n) is 4.17. The van der Waals surface area contributed by atoms with Gasteiger partial charge in [0.1, 0.15) is 0 Å². The second-order valence-corrected chi connectivity index (χ2v) is 11.3. The lowest BCUT2D eigenvalue weighted by Gasteiger charge is -2.37. The predicted molar refractivity (Wildman–Crippen MR) is 59.0 cm³/mol. The Balaban J connectivity index is 2.29. The minimum Gasteiger partial charge on any atom is -0.481 e. The third-order valence-corrected chi connectivity index (χ3v) is 7.74. The second-order valence-electron chi connectivity index (χ2n) is 5.78. The molecule has 1 N–H and O–H groups in total. The van der Waals surface area contributed by atoms with E-state index in [9.17, 15) is 4.79 Å². The van der Waals surface area contributed by atoms with Gasteiger partial charge in [0.05, 0.1) is 14.0 Å². The highest BCUT2D eigenvalue weighted by molar-refractivity contribution is 6.79. The van der Waals surface area contributed by atoms with Gasteiger partial charge in [-0.15, -0.1) is 0 Å². The van der Waals surface area contributed by atoms with Crippen molar-refractivity contribution in [2.45, 2.75) is 37.5 Å². The van der Waals surface area contributed by atoms with Gasteiger partial charge in [-0.3, -0.25) is 4.79 Å². The SMILES string of the molecule is C[Si](C)(C)C12C=CC(C1)C(C(=O)O)C2. The Kier molecular flexibility index (Phi) is 1.94. The fraction of sp³-hybridized carbons (Fsp3) is 0.727. The van der Waals surface area contributed by atoms with Crippen LogP contribution in [0.1, 0.15) is 12.8 Å². The largest absolute Gasteiger partial charge is 0.481 e. The highest BCUT2D eigenvalue weighted by Crippen LogP contribution is 2.62. The van der Waals surface area contributed by atoms with Crippen LogP contribution < -0.4 is 0 Å². The molecule has 2 rings (SSSR count). The van der Waals surface area contributed by atoms with Crippen LogP contribution in [0.3, 0.4) is 0 Å². The predicted octanol–water partition coefficient (Wildman–Crippen LogP) is 2.75. The number of carbonyl (C=O) groups is 1. The Morgan fingerprint density at radius 2 is 2.07 bits per heavy atom. The molecule has 78 valence electrons. The Morgan fingerprint density at radius 1 is 1.43 bits per heavy atom. The van der Waals surface area contributed by atoms with Gasteiger partial charge in [-0.05, 0) is 23.8 Å². The van der Waals surface area contributed by atoms with Crippen molar-refractivity contribution in [2.24, 2.45) is 11.8 Å². The summed E-state index contributed by atoms with van der Waals surface area (Å²) in [6, 6.07) is 0. The molecular weight excluding hydrogens is 192 g/mol. The van der Waals surface area contributed by atoms with Crippen LogP contribution in [0.15, 0.2) is 12.2 Å². The molecule has 0 heterocycles. The van der Waals surface area contributed by atoms with Crippen LogP contribution in [0.4, 0.5) is 0 Å². The summed E-state index contributed by atoms with van der Waals surface area (Å²) in [7, 11) is -1.27. The lowest BCUT2D eigenvalue weighted by atomic mass is 9.94. The summed E-state index contributed by atoms with van der Waals surface area (Å²) < 4.78 is 0. The Hall–Kier alpha value is -0.573. The van der Waals surface area contributed by atoms with Crippen molar-refractivity contribution in [3.8, 4) is 0 Å². The molecule has 0 amide bonds. The maximum Gasteiger partial charge on any atom is 0.307 e. The summed E-state index contributed by atoms with van der Waals surface area (Å²) in [5.41, 5.74) is 0. The van der Waals surface area contributed by atoms with E-state index in [1.807, 2.05) is 0 Å². The van der Waals surface area contributed by atoms with Gasteiger partial charge < -0.3 is 5.11 Å². The Bertz CT molecular complexity index is 303. The average molecular weight is 210 g/mol. The van der Waals surface area contributed by atoms with Crippen molar-refractivity contribution in [1.29, 1.82) is 0 Å². The van der Waals surface area contributed by atoms with E-state index in [0.29, 0.717) is 5.92 Å². The van der Waals surface area contributed by atoms with Gasteiger partial charge in [-0.25, -0.2) is 0 Å². The molecule has 1 fully saturated rings. The molecule has 0 aromatic rings. The van der Waals surface area contributed by atoms with Crippen LogP contribution >= 0.6 is 0 Å². The topological polar surface area (TPSA) is 37.3 Å². The monoisotopic (exact) mass is 210 g/mol. The van der Waals surface area contributed by atoms with Crippen LogP contribution in [0.25, 0.3) is 0 Å². The number of hydrogen-bond donors (Lipinski definition) is 1. The summed E-state index contributed by atoms with van der Waals surface area (Å²) in [5.74, 6) is -0.384. The molecule has 2 aliphatic rings. The molecule has 2 nitrogen and oxygen atoms in total. The molecule has 0 aromatic heterocycles. The van der Waals surface area contributed by atoms with E-state index in [-0.39, 0.29) is 11.0 Å². The van der Waals surface area contributed by atoms with Crippen molar-refractivity contribution in [1.82, 2.24) is 0 Å². The molecule has 3 unspecified atom stereocenters. The lowest BCUT2D eigenvalue weighted by Crippen LogP contribution is -2.36. The second kappa shape index (κ2) is 2.72. The third kappa shape index (κ3) is 1.18. The minimum absolute atomic E-state index is 0.105. The standard InChI is InChI=1S/C11H18O2Si/c1-14(2,3)11-5-4-8(6-11)9(7-11)10(12)13/h4-5,8-9H,6-7H2,1-3H3,(H,12,13). The van der Waals surface area contributed by atoms with Crippen LogP contribution in [0.5, 0.6) is 0 Å². The summed E-state index contributed by atoms with van der Waals surface area (Å²) in [5, 5.41) is 9.38. The van der Waals surface area contributed by atoms with Crippen LogP contribution in [-0.4, -0.2) is 19.1 Å². The number of fused-ring (bicyclic) bond motifs is 2. The molecule has 0 spiro atoms. The molecular formula is C11H18O2Si. The van der Waals surface area contributed by atoms with Gasteiger partial charge >= 0.3 is 5.97 Å². The summed E-state index contributed by atoms with van der Waals surface area (Å²) in [6.45, 7) is 7.05. The van der Waals surface area contributed by atoms with Crippen molar-refractivity contribution in [3.63, 3.8) is 0 Å². The normalized spacial score (nSPS) is 40.5. The van der Waals surface area contributed by atoms with E-state index in [0.717, 1.165) is 12.8 Å². The first-order valence-electron chi connectivity index (χ1n) is 5.28. The number of hydrogen-bond acceptors (Lipinski definition) is 1. The minimum atomic E-state index is -1.27. The van der Waals surface area contributed by atoms with Gasteiger partial charge in [0, 0.05) is 0 Å². The lowest BCUT2D eigenvalue weighted by molar-refractivity contribution is -0.142. The first-order chi connectivity index (χ1) is 6.36. The smallest absolute Gasteiger partial charge is 0.307 e. The molecule has 14 heavy (non-hydrogen) atoms. The molecule has 2 aliphatic carbocycles. The van der Waals surface area contributed by atoms with Crippen LogP contribution in [-0.2, 0) is 4.79 Å². The molecule has 0 aliphatic heterocycles. The maximum atomic E-state index is 11.0. The number of carboxylic acids is 1. The van der Waals surface area contributed by atoms with Gasteiger partial charge in [0.15, 0.2) is 0 Å². The number of aliphatic carboxylic acids is 1. The summed E-state index contributed by atoms with van der Waals surface area (Å²) in [4.78, 5) is 11.0. The average Bonchev–Trinajstić information content (AvgIpc) is 2.59. The first kappa shape index (κ1) is 9.96. The van der Waals surface area contributed by atoms with Crippen LogP contribution in [0, 0.1) is 11.8 Å². The Labute approximate surface area is 86.0 Å². The van der Waals surface area contributed by atoms with Gasteiger partial charge in [-0.1, -0.05) is 31.8 Å². The summed E-state index contributed by atoms with van der Waals surface area (Å²) >= 11 is 0. The van der Waals surface area contributed by atoms with Crippen molar-refractivity contribution >= 4 is 14.0 Å². The highest BCUT2D eigenvalue weighted by Gasteiger charge is 2.55. The van der Waals surface area contributed by atoms with E-state index in [1.54, 1.807) is 0 Å². The zero-order valence-corrected chi connectivity index (χ0v) is 10.1. The zero-order chi connectivity index (χ0) is 10.6. The maximum absolute atomic E-state index is 11.0. The molecule has 3 atom stereocenters. The summed E-state index contributed by atoms with van der Waals surface area (Å²) in [6.07, 6.45) is 6.46. The molecule has 0 radical (unpaired) electrons. The number of allylic oxidation sites excluding steroid dienone is 2. The van der Waals surface area contributed by atoms with Crippen molar-refractivity contribution < 1.29 is 9.90 Å². The highest BCUT2D eigenvalue weighted by atomic mass is 28.3. The van der Waals surface area contributed by atoms with E-state index in [4.69, 9.17) is 5.11 Å².